The van der Waals surface area contributed by atoms with Crippen LogP contribution >= 0.6 is 23.4 Å². The molecule has 1 amide bonds. The van der Waals surface area contributed by atoms with Gasteiger partial charge in [0.05, 0.1) is 17.0 Å². The zero-order valence-electron chi connectivity index (χ0n) is 16.4. The van der Waals surface area contributed by atoms with E-state index in [4.69, 9.17) is 11.6 Å². The number of rotatable bonds is 6. The van der Waals surface area contributed by atoms with Gasteiger partial charge >= 0.3 is 0 Å². The van der Waals surface area contributed by atoms with Crippen LogP contribution in [-0.2, 0) is 16.6 Å². The van der Waals surface area contributed by atoms with Crippen molar-refractivity contribution in [3.63, 3.8) is 0 Å². The summed E-state index contributed by atoms with van der Waals surface area (Å²) in [5.74, 6) is 2.01. The summed E-state index contributed by atoms with van der Waals surface area (Å²) in [6.07, 6.45) is 1.03. The molecule has 29 heavy (non-hydrogen) atoms. The van der Waals surface area contributed by atoms with E-state index in [0.29, 0.717) is 5.56 Å². The van der Waals surface area contributed by atoms with E-state index in [1.807, 2.05) is 30.8 Å². The molecule has 1 aliphatic rings. The number of halogens is 1. The van der Waals surface area contributed by atoms with Crippen molar-refractivity contribution in [2.45, 2.75) is 13.5 Å². The number of benzene rings is 2. The summed E-state index contributed by atoms with van der Waals surface area (Å²) < 4.78 is 25.3. The minimum atomic E-state index is -3.50. The Bertz CT molecular complexity index is 1010. The Balaban J connectivity index is 1.71. The highest BCUT2D eigenvalue weighted by atomic mass is 35.5. The van der Waals surface area contributed by atoms with Gasteiger partial charge in [0.25, 0.3) is 5.91 Å². The summed E-state index contributed by atoms with van der Waals surface area (Å²) in [5.41, 5.74) is 3.41. The molecular weight excluding hydrogens is 430 g/mol. The first-order chi connectivity index (χ1) is 13.7. The summed E-state index contributed by atoms with van der Waals surface area (Å²) in [6.45, 7) is 5.07. The number of carbonyl (C=O) groups is 1. The van der Waals surface area contributed by atoms with E-state index in [9.17, 15) is 13.2 Å². The lowest BCUT2D eigenvalue weighted by molar-refractivity contribution is 0.102. The molecule has 0 bridgehead atoms. The second-order valence-corrected chi connectivity index (χ2v) is 10.4. The van der Waals surface area contributed by atoms with E-state index in [0.717, 1.165) is 37.1 Å². The molecule has 156 valence electrons. The predicted molar refractivity (Wildman–Crippen MR) is 122 cm³/mol. The maximum Gasteiger partial charge on any atom is 0.255 e. The van der Waals surface area contributed by atoms with Crippen molar-refractivity contribution >= 4 is 50.7 Å². The number of nitrogens with one attached hydrogen (secondary N) is 2. The van der Waals surface area contributed by atoms with Crippen LogP contribution < -0.4 is 10.0 Å². The molecule has 2 aromatic rings. The lowest BCUT2D eigenvalue weighted by Crippen LogP contribution is -2.31. The van der Waals surface area contributed by atoms with Crippen LogP contribution in [0, 0.1) is 6.92 Å². The first-order valence-electron chi connectivity index (χ1n) is 9.19. The fourth-order valence-corrected chi connectivity index (χ4v) is 4.89. The van der Waals surface area contributed by atoms with Gasteiger partial charge < -0.3 is 5.32 Å². The lowest BCUT2D eigenvalue weighted by atomic mass is 10.1. The van der Waals surface area contributed by atoms with E-state index in [1.165, 1.54) is 29.2 Å². The van der Waals surface area contributed by atoms with Gasteiger partial charge in [0, 0.05) is 42.4 Å². The molecule has 0 radical (unpaired) electrons. The Morgan fingerprint density at radius 2 is 1.86 bits per heavy atom. The number of thioether (sulfide) groups is 1. The van der Waals surface area contributed by atoms with Gasteiger partial charge in [-0.3, -0.25) is 14.4 Å². The number of aryl methyl sites for hydroxylation is 1. The van der Waals surface area contributed by atoms with Crippen LogP contribution in [0.4, 0.5) is 11.4 Å². The van der Waals surface area contributed by atoms with Crippen LogP contribution in [-0.4, -0.2) is 50.1 Å². The molecule has 6 nitrogen and oxygen atoms in total. The first-order valence-corrected chi connectivity index (χ1v) is 12.6. The number of sulfonamides is 1. The number of anilines is 2. The third-order valence-electron chi connectivity index (χ3n) is 4.57. The van der Waals surface area contributed by atoms with Crippen molar-refractivity contribution in [3.8, 4) is 0 Å². The Morgan fingerprint density at radius 3 is 2.52 bits per heavy atom. The minimum absolute atomic E-state index is 0.175. The van der Waals surface area contributed by atoms with Crippen molar-refractivity contribution in [1.29, 1.82) is 0 Å². The lowest BCUT2D eigenvalue weighted by Gasteiger charge is -2.26. The summed E-state index contributed by atoms with van der Waals surface area (Å²) in [4.78, 5) is 15.1. The fraction of sp³-hybridized carbons (Fsp3) is 0.350. The molecule has 1 aliphatic heterocycles. The molecule has 0 aromatic heterocycles. The Morgan fingerprint density at radius 1 is 1.14 bits per heavy atom. The van der Waals surface area contributed by atoms with Crippen molar-refractivity contribution in [2.75, 3.05) is 40.9 Å². The number of carbonyl (C=O) groups excluding carboxylic acids is 1. The predicted octanol–water partition coefficient (Wildman–Crippen LogP) is 3.82. The largest absolute Gasteiger partial charge is 0.322 e. The van der Waals surface area contributed by atoms with Crippen LogP contribution in [0.1, 0.15) is 21.5 Å². The molecule has 1 saturated heterocycles. The Hall–Kier alpha value is -1.74. The van der Waals surface area contributed by atoms with Gasteiger partial charge in [0.2, 0.25) is 10.0 Å². The average molecular weight is 454 g/mol. The zero-order chi connectivity index (χ0) is 21.0. The SMILES string of the molecule is Cc1cc(CN2CCSCC2)ccc1NC(=O)c1ccc(Cl)c(NS(C)(=O)=O)c1. The summed E-state index contributed by atoms with van der Waals surface area (Å²) in [6, 6.07) is 10.5. The van der Waals surface area contributed by atoms with E-state index in [2.05, 4.69) is 21.0 Å². The fourth-order valence-electron chi connectivity index (χ4n) is 3.12. The van der Waals surface area contributed by atoms with Crippen LogP contribution in [0.25, 0.3) is 0 Å². The molecule has 9 heteroatoms. The summed E-state index contributed by atoms with van der Waals surface area (Å²) >= 11 is 8.01. The quantitative estimate of drug-likeness (QED) is 0.695. The molecule has 0 atom stereocenters. The third-order valence-corrected chi connectivity index (χ3v) is 6.44. The maximum atomic E-state index is 12.7. The van der Waals surface area contributed by atoms with E-state index in [-0.39, 0.29) is 16.6 Å². The second kappa shape index (κ2) is 9.38. The van der Waals surface area contributed by atoms with Crippen LogP contribution in [0.15, 0.2) is 36.4 Å². The summed E-state index contributed by atoms with van der Waals surface area (Å²) in [5, 5.41) is 3.12. The molecule has 2 N–H and O–H groups in total. The van der Waals surface area contributed by atoms with E-state index < -0.39 is 10.0 Å². The Labute approximate surface area is 181 Å². The molecule has 3 rings (SSSR count). The topological polar surface area (TPSA) is 78.5 Å². The van der Waals surface area contributed by atoms with Gasteiger partial charge in [-0.05, 0) is 42.3 Å². The molecule has 0 spiro atoms. The van der Waals surface area contributed by atoms with Crippen molar-refractivity contribution in [2.24, 2.45) is 0 Å². The Kier molecular flexibility index (Phi) is 7.10. The average Bonchev–Trinajstić information content (AvgIpc) is 2.65. The van der Waals surface area contributed by atoms with Gasteiger partial charge in [-0.15, -0.1) is 0 Å². The molecule has 1 heterocycles. The molecule has 1 fully saturated rings. The number of amides is 1. The van der Waals surface area contributed by atoms with E-state index >= 15 is 0 Å². The highest BCUT2D eigenvalue weighted by Crippen LogP contribution is 2.25. The van der Waals surface area contributed by atoms with Gasteiger partial charge in [0.15, 0.2) is 0 Å². The highest BCUT2D eigenvalue weighted by molar-refractivity contribution is 7.99. The van der Waals surface area contributed by atoms with Gasteiger partial charge in [-0.1, -0.05) is 23.7 Å². The first kappa shape index (κ1) is 22.0. The minimum Gasteiger partial charge on any atom is -0.322 e. The molecule has 0 unspecified atom stereocenters. The second-order valence-electron chi connectivity index (χ2n) is 7.06. The number of hydrogen-bond donors (Lipinski definition) is 2. The van der Waals surface area contributed by atoms with Crippen LogP contribution in [0.2, 0.25) is 5.02 Å². The van der Waals surface area contributed by atoms with Crippen molar-refractivity contribution in [3.05, 3.63) is 58.1 Å². The van der Waals surface area contributed by atoms with Gasteiger partial charge in [-0.25, -0.2) is 8.42 Å². The summed E-state index contributed by atoms with van der Waals surface area (Å²) in [7, 11) is -3.50. The monoisotopic (exact) mass is 453 g/mol. The number of hydrogen-bond acceptors (Lipinski definition) is 5. The van der Waals surface area contributed by atoms with Crippen molar-refractivity contribution in [1.82, 2.24) is 4.90 Å². The smallest absolute Gasteiger partial charge is 0.255 e. The number of nitrogens with zero attached hydrogens (tertiary/aromatic N) is 1. The molecule has 2 aromatic carbocycles. The van der Waals surface area contributed by atoms with Gasteiger partial charge in [0.1, 0.15) is 0 Å². The van der Waals surface area contributed by atoms with Gasteiger partial charge in [-0.2, -0.15) is 11.8 Å². The maximum absolute atomic E-state index is 12.7. The van der Waals surface area contributed by atoms with Crippen LogP contribution in [0.5, 0.6) is 0 Å². The standard InChI is InChI=1S/C20H24ClN3O3S2/c1-14-11-15(13-24-7-9-28-10-8-24)3-6-18(14)22-20(25)16-4-5-17(21)19(12-16)23-29(2,26)27/h3-6,11-12,23H,7-10,13H2,1-2H3,(H,22,25). The zero-order valence-corrected chi connectivity index (χ0v) is 18.8. The third kappa shape index (κ3) is 6.37. The molecule has 0 aliphatic carbocycles. The molecule has 0 saturated carbocycles. The van der Waals surface area contributed by atoms with Crippen LogP contribution in [0.3, 0.4) is 0 Å². The normalized spacial score (nSPS) is 15.1. The highest BCUT2D eigenvalue weighted by Gasteiger charge is 2.14. The molecular formula is C20H24ClN3O3S2. The van der Waals surface area contributed by atoms with Crippen molar-refractivity contribution < 1.29 is 13.2 Å². The van der Waals surface area contributed by atoms with E-state index in [1.54, 1.807) is 6.07 Å².